The van der Waals surface area contributed by atoms with Crippen molar-refractivity contribution >= 4 is 63.0 Å². The molecule has 0 saturated carbocycles. The molecule has 0 atom stereocenters. The molecular weight excluding hydrogens is 791 g/mol. The Morgan fingerprint density at radius 2 is 0.565 bits per heavy atom. The quantitative estimate of drug-likeness (QED) is 0.161. The highest BCUT2D eigenvalue weighted by Gasteiger charge is 2.24. The maximum absolute atomic E-state index is 5.53. The molecule has 5 heteroatoms. The van der Waals surface area contributed by atoms with Gasteiger partial charge in [-0.2, -0.15) is 0 Å². The van der Waals surface area contributed by atoms with Gasteiger partial charge >= 0.3 is 0 Å². The lowest BCUT2D eigenvalue weighted by molar-refractivity contribution is 1.08. The van der Waals surface area contributed by atoms with E-state index in [1.54, 1.807) is 0 Å². The summed E-state index contributed by atoms with van der Waals surface area (Å²) in [6, 6.07) is 75.6. The third kappa shape index (κ3) is 6.13. The van der Waals surface area contributed by atoms with Crippen LogP contribution in [0.25, 0.3) is 119 Å². The van der Waals surface area contributed by atoms with E-state index in [9.17, 15) is 0 Å². The van der Waals surface area contributed by atoms with Crippen LogP contribution in [0.5, 0.6) is 0 Å². The van der Waals surface area contributed by atoms with Crippen molar-refractivity contribution in [1.29, 1.82) is 0 Å². The smallest absolute Gasteiger partial charge is 0.164 e. The number of aromatic nitrogens is 3. The minimum atomic E-state index is 0.639. The Kier molecular flexibility index (Phi) is 8.87. The Morgan fingerprint density at radius 3 is 0.968 bits per heavy atom. The van der Waals surface area contributed by atoms with Crippen molar-refractivity contribution in [2.24, 2.45) is 0 Å². The second kappa shape index (κ2) is 15.2. The summed E-state index contributed by atoms with van der Waals surface area (Å²) in [6.45, 7) is 0. The lowest BCUT2D eigenvalue weighted by Crippen LogP contribution is -2.01. The lowest BCUT2D eigenvalue weighted by atomic mass is 9.89. The van der Waals surface area contributed by atoms with Crippen LogP contribution in [-0.2, 0) is 0 Å². The van der Waals surface area contributed by atoms with Crippen LogP contribution in [0.1, 0.15) is 0 Å². The zero-order valence-corrected chi connectivity index (χ0v) is 35.0. The zero-order valence-electron chi connectivity index (χ0n) is 33.4. The van der Waals surface area contributed by atoms with Crippen molar-refractivity contribution in [3.05, 3.63) is 212 Å². The van der Waals surface area contributed by atoms with Gasteiger partial charge in [-0.25, -0.2) is 15.0 Å². The second-order valence-electron chi connectivity index (χ2n) is 15.4. The third-order valence-electron chi connectivity index (χ3n) is 11.8. The summed E-state index contributed by atoms with van der Waals surface area (Å²) in [5, 5.41) is 4.73. The van der Waals surface area contributed by atoms with Crippen molar-refractivity contribution in [1.82, 2.24) is 15.0 Å². The Labute approximate surface area is 366 Å². The van der Waals surface area contributed by atoms with E-state index in [4.69, 9.17) is 15.0 Å². The molecule has 0 bridgehead atoms. The molecule has 0 unspecified atom stereocenters. The molecule has 3 heterocycles. The van der Waals surface area contributed by atoms with Crippen LogP contribution < -0.4 is 0 Å². The fourth-order valence-electron chi connectivity index (χ4n) is 9.05. The Hall–Kier alpha value is -7.57. The molecule has 3 aromatic heterocycles. The van der Waals surface area contributed by atoms with Gasteiger partial charge in [0.05, 0.1) is 0 Å². The van der Waals surface area contributed by atoms with Crippen molar-refractivity contribution in [2.75, 3.05) is 0 Å². The van der Waals surface area contributed by atoms with E-state index >= 15 is 0 Å². The maximum atomic E-state index is 5.53. The molecular formula is C57H35N3S2. The number of hydrogen-bond acceptors (Lipinski definition) is 5. The Balaban J connectivity index is 1.17. The molecule has 290 valence electrons. The van der Waals surface area contributed by atoms with E-state index in [-0.39, 0.29) is 0 Å². The topological polar surface area (TPSA) is 38.7 Å². The highest BCUT2D eigenvalue weighted by atomic mass is 32.1. The van der Waals surface area contributed by atoms with E-state index < -0.39 is 0 Å². The zero-order chi connectivity index (χ0) is 41.0. The van der Waals surface area contributed by atoms with Crippen LogP contribution >= 0.6 is 22.7 Å². The van der Waals surface area contributed by atoms with Crippen LogP contribution in [0.3, 0.4) is 0 Å². The first-order chi connectivity index (χ1) is 30.8. The molecule has 12 rings (SSSR count). The highest BCUT2D eigenvalue weighted by Crippen LogP contribution is 2.50. The van der Waals surface area contributed by atoms with Crippen LogP contribution in [0, 0.1) is 0 Å². The van der Waals surface area contributed by atoms with Crippen LogP contribution in [-0.4, -0.2) is 15.0 Å². The Bertz CT molecular complexity index is 3380. The van der Waals surface area contributed by atoms with Gasteiger partial charge in [-0.15, -0.1) is 22.7 Å². The van der Waals surface area contributed by atoms with Gasteiger partial charge in [0.1, 0.15) is 0 Å². The fourth-order valence-corrected chi connectivity index (χ4v) is 11.3. The van der Waals surface area contributed by atoms with Crippen molar-refractivity contribution in [2.45, 2.75) is 0 Å². The predicted molar refractivity (Wildman–Crippen MR) is 264 cm³/mol. The van der Waals surface area contributed by atoms with E-state index in [2.05, 4.69) is 194 Å². The monoisotopic (exact) mass is 825 g/mol. The summed E-state index contributed by atoms with van der Waals surface area (Å²) >= 11 is 3.64. The lowest BCUT2D eigenvalue weighted by Gasteiger charge is -2.15. The van der Waals surface area contributed by atoms with Gasteiger partial charge in [-0.05, 0) is 68.8 Å². The first-order valence-corrected chi connectivity index (χ1v) is 22.4. The van der Waals surface area contributed by atoms with Gasteiger partial charge < -0.3 is 0 Å². The molecule has 0 N–H and O–H groups in total. The number of fused-ring (bicyclic) bond motifs is 6. The number of benzene rings is 9. The second-order valence-corrected chi connectivity index (χ2v) is 17.6. The molecule has 12 aromatic rings. The fraction of sp³-hybridized carbons (Fsp3) is 0. The summed E-state index contributed by atoms with van der Waals surface area (Å²) in [5.74, 6) is 1.93. The normalized spacial score (nSPS) is 11.5. The largest absolute Gasteiger partial charge is 0.208 e. The number of rotatable bonds is 7. The van der Waals surface area contributed by atoms with Crippen LogP contribution in [0.4, 0.5) is 0 Å². The molecule has 62 heavy (non-hydrogen) atoms. The molecule has 3 nitrogen and oxygen atoms in total. The van der Waals surface area contributed by atoms with Gasteiger partial charge in [0.15, 0.2) is 17.5 Å². The number of thiophene rings is 2. The summed E-state index contributed by atoms with van der Waals surface area (Å²) in [5.41, 5.74) is 12.4. The van der Waals surface area contributed by atoms with Crippen molar-refractivity contribution < 1.29 is 0 Å². The first kappa shape index (κ1) is 36.3. The van der Waals surface area contributed by atoms with Gasteiger partial charge in [0.2, 0.25) is 0 Å². The third-order valence-corrected chi connectivity index (χ3v) is 14.0. The molecule has 0 aliphatic heterocycles. The van der Waals surface area contributed by atoms with Gasteiger partial charge in [-0.3, -0.25) is 0 Å². The van der Waals surface area contributed by atoms with Gasteiger partial charge in [-0.1, -0.05) is 188 Å². The van der Waals surface area contributed by atoms with Crippen LogP contribution in [0.15, 0.2) is 212 Å². The molecule has 0 aliphatic rings. The average Bonchev–Trinajstić information content (AvgIpc) is 3.93. The minimum absolute atomic E-state index is 0.639. The van der Waals surface area contributed by atoms with Crippen molar-refractivity contribution in [3.63, 3.8) is 0 Å². The summed E-state index contributed by atoms with van der Waals surface area (Å²) in [6.07, 6.45) is 0. The number of nitrogens with zero attached hydrogens (tertiary/aromatic N) is 3. The Morgan fingerprint density at radius 1 is 0.226 bits per heavy atom. The van der Waals surface area contributed by atoms with Gasteiger partial charge in [0, 0.05) is 57.0 Å². The summed E-state index contributed by atoms with van der Waals surface area (Å²) in [7, 11) is 0. The molecule has 0 spiro atoms. The van der Waals surface area contributed by atoms with E-state index in [1.807, 2.05) is 40.9 Å². The van der Waals surface area contributed by atoms with E-state index in [1.165, 1.54) is 74.1 Å². The highest BCUT2D eigenvalue weighted by molar-refractivity contribution is 7.26. The van der Waals surface area contributed by atoms with E-state index in [0.717, 1.165) is 27.5 Å². The minimum Gasteiger partial charge on any atom is -0.208 e. The average molecular weight is 826 g/mol. The molecule has 0 radical (unpaired) electrons. The molecule has 0 saturated heterocycles. The molecule has 0 aliphatic carbocycles. The van der Waals surface area contributed by atoms with E-state index in [0.29, 0.717) is 17.5 Å². The standard InChI is InChI=1S/C57H35N3S2/c1-6-18-36(19-7-1)41-32-34-47-53(49(41)38-22-10-3-11-23-38)51-43(28-16-30-45(51)61-47)56-58-55(40-26-14-5-15-27-40)59-57(60-56)44-29-17-31-46-52(44)54-48(62-46)35-33-42(37-20-8-2-9-21-37)50(54)39-24-12-4-13-25-39/h1-35H. The predicted octanol–water partition coefficient (Wildman–Crippen LogP) is 16.3. The van der Waals surface area contributed by atoms with Crippen molar-refractivity contribution in [3.8, 4) is 78.7 Å². The molecule has 0 amide bonds. The van der Waals surface area contributed by atoms with Crippen LogP contribution in [0.2, 0.25) is 0 Å². The summed E-state index contributed by atoms with van der Waals surface area (Å²) < 4.78 is 4.83. The van der Waals surface area contributed by atoms with Gasteiger partial charge in [0.25, 0.3) is 0 Å². The molecule has 0 fully saturated rings. The number of hydrogen-bond donors (Lipinski definition) is 0. The SMILES string of the molecule is c1ccc(-c2nc(-c3cccc4sc5ccc(-c6ccccc6)c(-c6ccccc6)c5c34)nc(-c3cccc4sc5ccc(-c6ccccc6)c(-c6ccccc6)c5c34)n2)cc1. The summed E-state index contributed by atoms with van der Waals surface area (Å²) in [4.78, 5) is 16.2. The molecule has 9 aromatic carbocycles. The first-order valence-electron chi connectivity index (χ1n) is 20.8. The maximum Gasteiger partial charge on any atom is 0.164 e.